The van der Waals surface area contributed by atoms with Crippen LogP contribution in [-0.4, -0.2) is 8.42 Å². The first-order valence-corrected chi connectivity index (χ1v) is 8.36. The van der Waals surface area contributed by atoms with Gasteiger partial charge >= 0.3 is 0 Å². The molecular weight excluding hydrogens is 315 g/mol. The van der Waals surface area contributed by atoms with E-state index in [1.165, 1.54) is 24.4 Å². The molecule has 0 aliphatic carbocycles. The Morgan fingerprint density at radius 1 is 1.09 bits per heavy atom. The van der Waals surface area contributed by atoms with Crippen LogP contribution in [0.3, 0.4) is 0 Å². The third-order valence-corrected chi connectivity index (χ3v) is 5.44. The van der Waals surface area contributed by atoms with Crippen molar-refractivity contribution in [1.29, 1.82) is 5.26 Å². The summed E-state index contributed by atoms with van der Waals surface area (Å²) < 4.78 is 38.6. The van der Waals surface area contributed by atoms with Crippen LogP contribution >= 0.6 is 0 Å². The molecule has 0 saturated carbocycles. The van der Waals surface area contributed by atoms with Crippen molar-refractivity contribution in [2.24, 2.45) is 0 Å². The van der Waals surface area contributed by atoms with Crippen molar-refractivity contribution in [3.05, 3.63) is 64.4 Å². The van der Waals surface area contributed by atoms with Crippen molar-refractivity contribution in [3.8, 4) is 6.07 Å². The number of hydrogen-bond donors (Lipinski definition) is 0. The molecule has 0 amide bonds. The highest BCUT2D eigenvalue weighted by Gasteiger charge is 2.32. The molecule has 23 heavy (non-hydrogen) atoms. The van der Waals surface area contributed by atoms with Crippen LogP contribution < -0.4 is 4.90 Å². The maximum Gasteiger partial charge on any atom is 0.220 e. The van der Waals surface area contributed by atoms with Crippen LogP contribution in [-0.2, 0) is 9.84 Å². The fraction of sp³-hybridized carbons (Fsp3) is 0.118. The lowest BCUT2D eigenvalue weighted by Crippen LogP contribution is -2.22. The predicted molar refractivity (Wildman–Crippen MR) is 85.3 cm³/mol. The van der Waals surface area contributed by atoms with Crippen LogP contribution in [0.4, 0.5) is 15.8 Å². The molecule has 6 heteroatoms. The summed E-state index contributed by atoms with van der Waals surface area (Å²) >= 11 is 0. The predicted octanol–water partition coefficient (Wildman–Crippen LogP) is 3.73. The smallest absolute Gasteiger partial charge is 0.220 e. The van der Waals surface area contributed by atoms with Gasteiger partial charge in [0, 0.05) is 6.20 Å². The van der Waals surface area contributed by atoms with E-state index in [4.69, 9.17) is 0 Å². The van der Waals surface area contributed by atoms with E-state index >= 15 is 0 Å². The van der Waals surface area contributed by atoms with E-state index < -0.39 is 15.7 Å². The zero-order valence-corrected chi connectivity index (χ0v) is 13.4. The monoisotopic (exact) mass is 328 g/mol. The van der Waals surface area contributed by atoms with E-state index in [1.54, 1.807) is 36.1 Å². The summed E-state index contributed by atoms with van der Waals surface area (Å²) in [6.45, 7) is 3.64. The van der Waals surface area contributed by atoms with Crippen LogP contribution in [0.1, 0.15) is 11.1 Å². The maximum absolute atomic E-state index is 13.7. The van der Waals surface area contributed by atoms with Crippen LogP contribution in [0.25, 0.3) is 0 Å². The molecule has 0 aromatic heterocycles. The van der Waals surface area contributed by atoms with Crippen molar-refractivity contribution in [1.82, 2.24) is 0 Å². The van der Waals surface area contributed by atoms with Crippen molar-refractivity contribution in [2.45, 2.75) is 18.7 Å². The second kappa shape index (κ2) is 5.21. The van der Waals surface area contributed by atoms with Crippen molar-refractivity contribution in [3.63, 3.8) is 0 Å². The lowest BCUT2D eigenvalue weighted by molar-refractivity contribution is 0.602. The number of sulfone groups is 1. The average molecular weight is 328 g/mol. The van der Waals surface area contributed by atoms with Gasteiger partial charge in [-0.15, -0.1) is 0 Å². The first-order chi connectivity index (χ1) is 10.8. The standard InChI is InChI=1S/C17H13FN2O2S/c1-11-3-6-17-16(7-11)20(10-14(9-19)23(17,21)22)15-8-13(18)5-4-12(15)2/h3-8,10H,1-2H3. The Balaban J connectivity index is 2.36. The molecular formula is C17H13FN2O2S. The molecule has 0 saturated heterocycles. The van der Waals surface area contributed by atoms with Gasteiger partial charge < -0.3 is 4.90 Å². The number of nitrogens with zero attached hydrogens (tertiary/aromatic N) is 2. The lowest BCUT2D eigenvalue weighted by Gasteiger charge is -2.29. The molecule has 1 aliphatic heterocycles. The van der Waals surface area contributed by atoms with E-state index in [0.717, 1.165) is 11.1 Å². The molecule has 0 spiro atoms. The summed E-state index contributed by atoms with van der Waals surface area (Å²) in [4.78, 5) is 1.24. The summed E-state index contributed by atoms with van der Waals surface area (Å²) in [6, 6.07) is 10.9. The third-order valence-electron chi connectivity index (χ3n) is 3.74. The minimum absolute atomic E-state index is 0.0470. The van der Waals surface area contributed by atoms with Gasteiger partial charge in [-0.05, 0) is 49.2 Å². The van der Waals surface area contributed by atoms with Gasteiger partial charge in [-0.1, -0.05) is 12.1 Å². The van der Waals surface area contributed by atoms with Gasteiger partial charge in [0.1, 0.15) is 11.9 Å². The number of hydrogen-bond acceptors (Lipinski definition) is 4. The second-order valence-electron chi connectivity index (χ2n) is 5.38. The first-order valence-electron chi connectivity index (χ1n) is 6.87. The quantitative estimate of drug-likeness (QED) is 0.800. The second-order valence-corrected chi connectivity index (χ2v) is 7.27. The van der Waals surface area contributed by atoms with E-state index in [1.807, 2.05) is 6.92 Å². The summed E-state index contributed by atoms with van der Waals surface area (Å²) in [6.07, 6.45) is 1.25. The summed E-state index contributed by atoms with van der Waals surface area (Å²) in [7, 11) is -3.85. The molecule has 116 valence electrons. The molecule has 4 nitrogen and oxygen atoms in total. The van der Waals surface area contributed by atoms with Gasteiger partial charge in [0.2, 0.25) is 9.84 Å². The Bertz CT molecular complexity index is 988. The number of aryl methyl sites for hydroxylation is 2. The maximum atomic E-state index is 13.7. The number of rotatable bonds is 1. The number of allylic oxidation sites excluding steroid dienone is 1. The third kappa shape index (κ3) is 2.39. The Morgan fingerprint density at radius 3 is 2.52 bits per heavy atom. The van der Waals surface area contributed by atoms with Crippen LogP contribution in [0.2, 0.25) is 0 Å². The molecule has 1 heterocycles. The molecule has 0 fully saturated rings. The molecule has 0 N–H and O–H groups in total. The lowest BCUT2D eigenvalue weighted by atomic mass is 10.1. The number of nitriles is 1. The SMILES string of the molecule is Cc1ccc2c(c1)N(c1cc(F)ccc1C)C=C(C#N)S2(=O)=O. The minimum atomic E-state index is -3.85. The van der Waals surface area contributed by atoms with Crippen LogP contribution in [0.15, 0.2) is 52.4 Å². The fourth-order valence-corrected chi connectivity index (χ4v) is 3.83. The normalized spacial score (nSPS) is 15.6. The van der Waals surface area contributed by atoms with Crippen LogP contribution in [0, 0.1) is 31.0 Å². The number of fused-ring (bicyclic) bond motifs is 1. The molecule has 0 bridgehead atoms. The molecule has 1 aliphatic rings. The topological polar surface area (TPSA) is 61.2 Å². The van der Waals surface area contributed by atoms with E-state index in [-0.39, 0.29) is 9.80 Å². The van der Waals surface area contributed by atoms with Gasteiger partial charge in [-0.3, -0.25) is 0 Å². The van der Waals surface area contributed by atoms with Crippen molar-refractivity contribution in [2.75, 3.05) is 4.90 Å². The molecule has 0 radical (unpaired) electrons. The van der Waals surface area contributed by atoms with Gasteiger partial charge in [-0.25, -0.2) is 12.8 Å². The highest BCUT2D eigenvalue weighted by molar-refractivity contribution is 7.95. The van der Waals surface area contributed by atoms with Gasteiger partial charge in [0.05, 0.1) is 16.3 Å². The number of halogens is 1. The zero-order valence-electron chi connectivity index (χ0n) is 12.5. The molecule has 0 unspecified atom stereocenters. The zero-order chi connectivity index (χ0) is 16.8. The molecule has 0 atom stereocenters. The van der Waals surface area contributed by atoms with Crippen LogP contribution in [0.5, 0.6) is 0 Å². The summed E-state index contributed by atoms with van der Waals surface area (Å²) in [5, 5.41) is 9.20. The highest BCUT2D eigenvalue weighted by atomic mass is 32.2. The van der Waals surface area contributed by atoms with Gasteiger partial charge in [0.25, 0.3) is 0 Å². The van der Waals surface area contributed by atoms with E-state index in [0.29, 0.717) is 11.4 Å². The Kier molecular flexibility index (Phi) is 3.46. The Hall–Kier alpha value is -2.65. The van der Waals surface area contributed by atoms with Gasteiger partial charge in [-0.2, -0.15) is 5.26 Å². The number of benzene rings is 2. The summed E-state index contributed by atoms with van der Waals surface area (Å²) in [5.74, 6) is -0.430. The Morgan fingerprint density at radius 2 is 1.83 bits per heavy atom. The van der Waals surface area contributed by atoms with E-state index in [9.17, 15) is 18.1 Å². The van der Waals surface area contributed by atoms with Gasteiger partial charge in [0.15, 0.2) is 4.91 Å². The summed E-state index contributed by atoms with van der Waals surface area (Å²) in [5.41, 5.74) is 2.55. The Labute approximate surface area is 134 Å². The fourth-order valence-electron chi connectivity index (χ4n) is 2.55. The van der Waals surface area contributed by atoms with Crippen molar-refractivity contribution < 1.29 is 12.8 Å². The average Bonchev–Trinajstić information content (AvgIpc) is 2.50. The molecule has 2 aromatic rings. The number of anilines is 2. The van der Waals surface area contributed by atoms with E-state index in [2.05, 4.69) is 0 Å². The molecule has 2 aromatic carbocycles. The minimum Gasteiger partial charge on any atom is -0.313 e. The largest absolute Gasteiger partial charge is 0.313 e. The highest BCUT2D eigenvalue weighted by Crippen LogP contribution is 2.40. The molecule has 3 rings (SSSR count). The first kappa shape index (κ1) is 15.3. The van der Waals surface area contributed by atoms with Crippen molar-refractivity contribution >= 4 is 21.2 Å².